The number of aromatic hydroxyl groups is 1. The van der Waals surface area contributed by atoms with Crippen LogP contribution < -0.4 is 5.43 Å². The highest BCUT2D eigenvalue weighted by Crippen LogP contribution is 2.37. The second-order valence-electron chi connectivity index (χ2n) is 6.77. The molecule has 0 aliphatic rings. The summed E-state index contributed by atoms with van der Waals surface area (Å²) in [6.07, 6.45) is 0. The minimum absolute atomic E-state index is 0.0660. The van der Waals surface area contributed by atoms with E-state index < -0.39 is 19.5 Å². The number of nitrogens with zero attached hydrogens (tertiary/aromatic N) is 1. The van der Waals surface area contributed by atoms with Gasteiger partial charge in [-0.2, -0.15) is 5.26 Å². The van der Waals surface area contributed by atoms with Crippen molar-refractivity contribution in [3.05, 3.63) is 39.0 Å². The quantitative estimate of drug-likeness (QED) is 0.868. The first-order valence-electron chi connectivity index (χ1n) is 6.90. The van der Waals surface area contributed by atoms with Gasteiger partial charge < -0.3 is 9.53 Å². The van der Waals surface area contributed by atoms with Crippen LogP contribution in [0.1, 0.15) is 37.5 Å². The Balaban J connectivity index is 3.25. The summed E-state index contributed by atoms with van der Waals surface area (Å²) in [4.78, 5) is 11.6. The lowest BCUT2D eigenvalue weighted by molar-refractivity contribution is 0.275. The molecule has 0 amide bonds. The fourth-order valence-electron chi connectivity index (χ4n) is 1.63. The first-order chi connectivity index (χ1) is 9.49. The monoisotopic (exact) mass is 305 g/mol. The lowest BCUT2D eigenvalue weighted by atomic mass is 10.1. The van der Waals surface area contributed by atoms with Gasteiger partial charge in [0.1, 0.15) is 0 Å². The highest BCUT2D eigenvalue weighted by molar-refractivity contribution is 6.74. The van der Waals surface area contributed by atoms with E-state index in [2.05, 4.69) is 33.9 Å². The van der Waals surface area contributed by atoms with Gasteiger partial charge in [0.05, 0.1) is 18.2 Å². The summed E-state index contributed by atoms with van der Waals surface area (Å²) in [6.45, 7) is 12.7. The van der Waals surface area contributed by atoms with Gasteiger partial charge in [-0.3, -0.25) is 4.79 Å². The molecule has 114 valence electrons. The van der Waals surface area contributed by atoms with Crippen molar-refractivity contribution in [2.24, 2.45) is 0 Å². The van der Waals surface area contributed by atoms with Crippen LogP contribution in [0.3, 0.4) is 0 Å². The maximum Gasteiger partial charge on any atom is 0.220 e. The Morgan fingerprint density at radius 3 is 2.38 bits per heavy atom. The Bertz CT molecular complexity index is 640. The van der Waals surface area contributed by atoms with Crippen molar-refractivity contribution in [3.8, 4) is 11.8 Å². The van der Waals surface area contributed by atoms with E-state index in [1.165, 1.54) is 12.1 Å². The van der Waals surface area contributed by atoms with E-state index in [-0.39, 0.29) is 17.2 Å². The van der Waals surface area contributed by atoms with Gasteiger partial charge in [0, 0.05) is 6.07 Å². The topological polar surface area (TPSA) is 70.3 Å². The molecule has 0 unspecified atom stereocenters. The third kappa shape index (κ3) is 3.93. The second kappa shape index (κ2) is 6.00. The van der Waals surface area contributed by atoms with Crippen molar-refractivity contribution in [2.45, 2.75) is 52.4 Å². The van der Waals surface area contributed by atoms with Crippen molar-refractivity contribution >= 4 is 8.32 Å². The molecule has 4 nitrogen and oxygen atoms in total. The van der Waals surface area contributed by atoms with Gasteiger partial charge in [0.2, 0.25) is 5.43 Å². The molecule has 0 saturated heterocycles. The highest BCUT2D eigenvalue weighted by atomic mass is 28.4. The Kier molecular flexibility index (Phi) is 4.97. The van der Waals surface area contributed by atoms with Gasteiger partial charge in [-0.05, 0) is 42.2 Å². The minimum atomic E-state index is -1.95. The van der Waals surface area contributed by atoms with Crippen LogP contribution >= 0.6 is 0 Å². The molecule has 1 aromatic carbocycles. The van der Waals surface area contributed by atoms with E-state index in [9.17, 15) is 15.2 Å². The van der Waals surface area contributed by atoms with Crippen molar-refractivity contribution in [3.63, 3.8) is 0 Å². The standard InChI is InChI=1S/C16H23NO3Si/c1-11-7-14(18)15(19)8-12(9-17)13(11)10-20-21(5,6)16(2,3)4/h7-8H,10H2,1-6H3,(H,18,19). The molecule has 0 atom stereocenters. The largest absolute Gasteiger partial charge is 0.504 e. The van der Waals surface area contributed by atoms with Gasteiger partial charge in [-0.15, -0.1) is 0 Å². The predicted octanol–water partition coefficient (Wildman–Crippen LogP) is 3.45. The van der Waals surface area contributed by atoms with E-state index in [1.807, 2.05) is 6.07 Å². The molecule has 21 heavy (non-hydrogen) atoms. The molecule has 0 heterocycles. The Morgan fingerprint density at radius 1 is 1.33 bits per heavy atom. The zero-order valence-corrected chi connectivity index (χ0v) is 14.6. The normalized spacial score (nSPS) is 12.0. The Morgan fingerprint density at radius 2 is 1.90 bits per heavy atom. The van der Waals surface area contributed by atoms with E-state index in [0.717, 1.165) is 0 Å². The predicted molar refractivity (Wildman–Crippen MR) is 85.8 cm³/mol. The summed E-state index contributed by atoms with van der Waals surface area (Å²) in [6, 6.07) is 4.61. The van der Waals surface area contributed by atoms with E-state index in [0.29, 0.717) is 11.1 Å². The smallest absolute Gasteiger partial charge is 0.220 e. The third-order valence-corrected chi connectivity index (χ3v) is 8.66. The number of nitriles is 1. The second-order valence-corrected chi connectivity index (χ2v) is 11.6. The van der Waals surface area contributed by atoms with E-state index in [4.69, 9.17) is 4.43 Å². The molecule has 1 aromatic rings. The lowest BCUT2D eigenvalue weighted by Crippen LogP contribution is -2.40. The Labute approximate surface area is 127 Å². The molecule has 0 fully saturated rings. The third-order valence-electron chi connectivity index (χ3n) is 4.19. The molecule has 5 heteroatoms. The van der Waals surface area contributed by atoms with Gasteiger partial charge in [-0.25, -0.2) is 0 Å². The average molecular weight is 305 g/mol. The van der Waals surface area contributed by atoms with Gasteiger partial charge in [0.15, 0.2) is 14.1 Å². The molecule has 1 N–H and O–H groups in total. The van der Waals surface area contributed by atoms with Crippen molar-refractivity contribution < 1.29 is 9.53 Å². The maximum absolute atomic E-state index is 11.6. The molecule has 0 aromatic heterocycles. The molecule has 0 aliphatic carbocycles. The number of rotatable bonds is 3. The molecule has 1 rings (SSSR count). The van der Waals surface area contributed by atoms with Crippen LogP contribution in [0.2, 0.25) is 18.1 Å². The minimum Gasteiger partial charge on any atom is -0.504 e. The summed E-state index contributed by atoms with van der Waals surface area (Å²) in [5.74, 6) is -0.409. The van der Waals surface area contributed by atoms with Crippen LogP contribution in [0.15, 0.2) is 16.9 Å². The van der Waals surface area contributed by atoms with E-state index >= 15 is 0 Å². The summed E-state index contributed by atoms with van der Waals surface area (Å²) >= 11 is 0. The number of hydrogen-bond acceptors (Lipinski definition) is 4. The first-order valence-corrected chi connectivity index (χ1v) is 9.81. The molecule has 0 radical (unpaired) electrons. The van der Waals surface area contributed by atoms with Crippen LogP contribution in [0.25, 0.3) is 0 Å². The Hall–Kier alpha value is -1.64. The van der Waals surface area contributed by atoms with Crippen LogP contribution in [0.5, 0.6) is 5.75 Å². The molecule has 0 spiro atoms. The van der Waals surface area contributed by atoms with Crippen LogP contribution in [0, 0.1) is 18.3 Å². The maximum atomic E-state index is 11.6. The summed E-state index contributed by atoms with van der Waals surface area (Å²) < 4.78 is 6.13. The van der Waals surface area contributed by atoms with Crippen LogP contribution in [-0.4, -0.2) is 13.4 Å². The fourth-order valence-corrected chi connectivity index (χ4v) is 2.56. The number of hydrogen-bond donors (Lipinski definition) is 1. The zero-order chi connectivity index (χ0) is 16.4. The van der Waals surface area contributed by atoms with Crippen molar-refractivity contribution in [2.75, 3.05) is 0 Å². The van der Waals surface area contributed by atoms with Crippen LogP contribution in [0.4, 0.5) is 0 Å². The summed E-state index contributed by atoms with van der Waals surface area (Å²) in [5, 5.41) is 18.9. The zero-order valence-electron chi connectivity index (χ0n) is 13.6. The summed E-state index contributed by atoms with van der Waals surface area (Å²) in [7, 11) is -1.95. The first kappa shape index (κ1) is 17.4. The van der Waals surface area contributed by atoms with Crippen molar-refractivity contribution in [1.82, 2.24) is 0 Å². The highest BCUT2D eigenvalue weighted by Gasteiger charge is 2.37. The lowest BCUT2D eigenvalue weighted by Gasteiger charge is -2.36. The average Bonchev–Trinajstić information content (AvgIpc) is 2.44. The molecular formula is C16H23NO3Si. The van der Waals surface area contributed by atoms with Crippen LogP contribution in [-0.2, 0) is 11.0 Å². The fraction of sp³-hybridized carbons (Fsp3) is 0.500. The molecule has 0 bridgehead atoms. The van der Waals surface area contributed by atoms with Crippen molar-refractivity contribution in [1.29, 1.82) is 5.26 Å². The molecule has 0 aliphatic heterocycles. The summed E-state index contributed by atoms with van der Waals surface area (Å²) in [5.41, 5.74) is 1.13. The van der Waals surface area contributed by atoms with Gasteiger partial charge in [0.25, 0.3) is 0 Å². The van der Waals surface area contributed by atoms with E-state index in [1.54, 1.807) is 6.92 Å². The van der Waals surface area contributed by atoms with Gasteiger partial charge in [-0.1, -0.05) is 20.8 Å². The molecular weight excluding hydrogens is 282 g/mol. The number of aryl methyl sites for hydroxylation is 1. The SMILES string of the molecule is Cc1cc(=O)c(O)cc(C#N)c1CO[Si](C)(C)C(C)(C)C. The molecule has 0 saturated carbocycles. The van der Waals surface area contributed by atoms with Gasteiger partial charge >= 0.3 is 0 Å².